The van der Waals surface area contributed by atoms with E-state index in [9.17, 15) is 4.79 Å². The van der Waals surface area contributed by atoms with Crippen molar-refractivity contribution in [3.8, 4) is 0 Å². The van der Waals surface area contributed by atoms with Crippen LogP contribution in [-0.4, -0.2) is 17.8 Å². The molecule has 0 aliphatic rings. The predicted octanol–water partition coefficient (Wildman–Crippen LogP) is 3.34. The van der Waals surface area contributed by atoms with E-state index in [1.54, 1.807) is 6.92 Å². The van der Waals surface area contributed by atoms with Gasteiger partial charge in [-0.2, -0.15) is 0 Å². The van der Waals surface area contributed by atoms with Gasteiger partial charge in [0, 0.05) is 6.54 Å². The zero-order chi connectivity index (χ0) is 11.9. The summed E-state index contributed by atoms with van der Waals surface area (Å²) in [6, 6.07) is 0. The van der Waals surface area contributed by atoms with Crippen LogP contribution in [0, 0.1) is 5.41 Å². The first kappa shape index (κ1) is 14.8. The Morgan fingerprint density at radius 2 is 2.00 bits per heavy atom. The lowest BCUT2D eigenvalue weighted by atomic mass is 9.87. The molecule has 1 unspecified atom stereocenters. The van der Waals surface area contributed by atoms with E-state index in [1.807, 2.05) is 0 Å². The van der Waals surface area contributed by atoms with Crippen molar-refractivity contribution in [1.82, 2.24) is 5.32 Å². The summed E-state index contributed by atoms with van der Waals surface area (Å²) < 4.78 is 0. The number of unbranched alkanes of at least 4 members (excludes halogenated alkanes) is 2. The Balaban J connectivity index is 3.77. The van der Waals surface area contributed by atoms with Gasteiger partial charge in [-0.1, -0.05) is 40.0 Å². The van der Waals surface area contributed by atoms with Crippen LogP contribution in [0.25, 0.3) is 0 Å². The van der Waals surface area contributed by atoms with Gasteiger partial charge in [0.2, 0.25) is 5.91 Å². The van der Waals surface area contributed by atoms with Gasteiger partial charge in [-0.3, -0.25) is 4.79 Å². The van der Waals surface area contributed by atoms with E-state index in [2.05, 4.69) is 26.1 Å². The summed E-state index contributed by atoms with van der Waals surface area (Å²) >= 11 is 5.67. The van der Waals surface area contributed by atoms with Gasteiger partial charge in [0.15, 0.2) is 0 Å². The summed E-state index contributed by atoms with van der Waals surface area (Å²) in [7, 11) is 0. The highest BCUT2D eigenvalue weighted by Gasteiger charge is 2.19. The number of rotatable bonds is 7. The number of alkyl halides is 1. The highest BCUT2D eigenvalue weighted by Crippen LogP contribution is 2.22. The van der Waals surface area contributed by atoms with Gasteiger partial charge < -0.3 is 5.32 Å². The first-order chi connectivity index (χ1) is 6.89. The SMILES string of the molecule is CCCCCC(C)(C)CNC(=O)C(C)Cl. The van der Waals surface area contributed by atoms with E-state index in [4.69, 9.17) is 11.6 Å². The number of amides is 1. The third-order valence-corrected chi connectivity index (χ3v) is 2.76. The predicted molar refractivity (Wildman–Crippen MR) is 66.2 cm³/mol. The van der Waals surface area contributed by atoms with Crippen LogP contribution in [-0.2, 0) is 4.79 Å². The van der Waals surface area contributed by atoms with Gasteiger partial charge in [0.25, 0.3) is 0 Å². The minimum atomic E-state index is -0.434. The van der Waals surface area contributed by atoms with E-state index in [0.29, 0.717) is 6.54 Å². The number of hydrogen-bond acceptors (Lipinski definition) is 1. The highest BCUT2D eigenvalue weighted by molar-refractivity contribution is 6.30. The Morgan fingerprint density at radius 3 is 2.47 bits per heavy atom. The Kier molecular flexibility index (Phi) is 6.99. The van der Waals surface area contributed by atoms with Crippen LogP contribution in [0.2, 0.25) is 0 Å². The molecule has 1 amide bonds. The first-order valence-corrected chi connectivity index (χ1v) is 6.24. The zero-order valence-corrected chi connectivity index (χ0v) is 11.2. The van der Waals surface area contributed by atoms with E-state index >= 15 is 0 Å². The summed E-state index contributed by atoms with van der Waals surface area (Å²) in [4.78, 5) is 11.3. The molecule has 0 bridgehead atoms. The molecule has 0 aromatic carbocycles. The second-order valence-electron chi connectivity index (χ2n) is 4.96. The van der Waals surface area contributed by atoms with Crippen LogP contribution in [0.4, 0.5) is 0 Å². The minimum absolute atomic E-state index is 0.0692. The van der Waals surface area contributed by atoms with Crippen molar-refractivity contribution in [3.63, 3.8) is 0 Å². The number of carbonyl (C=O) groups is 1. The monoisotopic (exact) mass is 233 g/mol. The van der Waals surface area contributed by atoms with E-state index in [-0.39, 0.29) is 11.3 Å². The van der Waals surface area contributed by atoms with Crippen LogP contribution in [0.15, 0.2) is 0 Å². The van der Waals surface area contributed by atoms with Crippen molar-refractivity contribution in [3.05, 3.63) is 0 Å². The molecule has 90 valence electrons. The lowest BCUT2D eigenvalue weighted by molar-refractivity contribution is -0.120. The van der Waals surface area contributed by atoms with Gasteiger partial charge in [-0.25, -0.2) is 0 Å². The van der Waals surface area contributed by atoms with Crippen molar-refractivity contribution in [2.75, 3.05) is 6.54 Å². The summed E-state index contributed by atoms with van der Waals surface area (Å²) in [6.07, 6.45) is 4.89. The largest absolute Gasteiger partial charge is 0.354 e. The third-order valence-electron chi connectivity index (χ3n) is 2.56. The molecule has 0 saturated heterocycles. The van der Waals surface area contributed by atoms with Gasteiger partial charge in [-0.05, 0) is 18.8 Å². The smallest absolute Gasteiger partial charge is 0.237 e. The normalized spacial score (nSPS) is 13.7. The molecule has 0 saturated carbocycles. The molecule has 0 aromatic heterocycles. The van der Waals surface area contributed by atoms with E-state index in [0.717, 1.165) is 6.42 Å². The Morgan fingerprint density at radius 1 is 1.40 bits per heavy atom. The molecule has 0 rings (SSSR count). The molecule has 0 spiro atoms. The molecule has 0 heterocycles. The number of hydrogen-bond donors (Lipinski definition) is 1. The quantitative estimate of drug-likeness (QED) is 0.531. The molecular formula is C12H24ClNO. The molecule has 0 aromatic rings. The second kappa shape index (κ2) is 7.10. The van der Waals surface area contributed by atoms with Crippen molar-refractivity contribution < 1.29 is 4.79 Å². The number of halogens is 1. The second-order valence-corrected chi connectivity index (χ2v) is 5.61. The summed E-state index contributed by atoms with van der Waals surface area (Å²) in [5.41, 5.74) is 0.177. The molecule has 0 fully saturated rings. The molecule has 1 N–H and O–H groups in total. The van der Waals surface area contributed by atoms with Gasteiger partial charge in [0.1, 0.15) is 5.38 Å². The van der Waals surface area contributed by atoms with Crippen molar-refractivity contribution in [2.45, 2.75) is 58.8 Å². The third kappa shape index (κ3) is 7.66. The molecule has 2 nitrogen and oxygen atoms in total. The molecule has 1 atom stereocenters. The standard InChI is InChI=1S/C12H24ClNO/c1-5-6-7-8-12(3,4)9-14-11(15)10(2)13/h10H,5-9H2,1-4H3,(H,14,15). The Hall–Kier alpha value is -0.240. The van der Waals surface area contributed by atoms with Crippen LogP contribution in [0.1, 0.15) is 53.4 Å². The fraction of sp³-hybridized carbons (Fsp3) is 0.917. The van der Waals surface area contributed by atoms with Crippen LogP contribution in [0.3, 0.4) is 0 Å². The lowest BCUT2D eigenvalue weighted by Crippen LogP contribution is -2.37. The highest BCUT2D eigenvalue weighted by atomic mass is 35.5. The average molecular weight is 234 g/mol. The maximum atomic E-state index is 11.3. The number of carbonyl (C=O) groups excluding carboxylic acids is 1. The minimum Gasteiger partial charge on any atom is -0.354 e. The van der Waals surface area contributed by atoms with Crippen molar-refractivity contribution in [2.24, 2.45) is 5.41 Å². The fourth-order valence-electron chi connectivity index (χ4n) is 1.41. The van der Waals surface area contributed by atoms with Crippen LogP contribution >= 0.6 is 11.6 Å². The van der Waals surface area contributed by atoms with Gasteiger partial charge >= 0.3 is 0 Å². The van der Waals surface area contributed by atoms with Gasteiger partial charge in [-0.15, -0.1) is 11.6 Å². The number of nitrogens with one attached hydrogen (secondary N) is 1. The Bertz CT molecular complexity index is 190. The molecule has 15 heavy (non-hydrogen) atoms. The maximum absolute atomic E-state index is 11.3. The topological polar surface area (TPSA) is 29.1 Å². The van der Waals surface area contributed by atoms with Crippen molar-refractivity contribution in [1.29, 1.82) is 0 Å². The molecule has 3 heteroatoms. The summed E-state index contributed by atoms with van der Waals surface area (Å²) in [5.74, 6) is -0.0692. The maximum Gasteiger partial charge on any atom is 0.237 e. The zero-order valence-electron chi connectivity index (χ0n) is 10.4. The Labute approximate surface area is 98.8 Å². The molecule has 0 aliphatic carbocycles. The molecule has 0 radical (unpaired) electrons. The van der Waals surface area contributed by atoms with Gasteiger partial charge in [0.05, 0.1) is 0 Å². The summed E-state index contributed by atoms with van der Waals surface area (Å²) in [6.45, 7) is 8.97. The van der Waals surface area contributed by atoms with Crippen molar-refractivity contribution >= 4 is 17.5 Å². The lowest BCUT2D eigenvalue weighted by Gasteiger charge is -2.25. The molecular weight excluding hydrogens is 210 g/mol. The van der Waals surface area contributed by atoms with Crippen LogP contribution < -0.4 is 5.32 Å². The summed E-state index contributed by atoms with van der Waals surface area (Å²) in [5, 5.41) is 2.44. The average Bonchev–Trinajstić information content (AvgIpc) is 2.14. The fourth-order valence-corrected chi connectivity index (χ4v) is 1.49. The van der Waals surface area contributed by atoms with E-state index < -0.39 is 5.38 Å². The molecule has 0 aliphatic heterocycles. The van der Waals surface area contributed by atoms with E-state index in [1.165, 1.54) is 19.3 Å². The first-order valence-electron chi connectivity index (χ1n) is 5.81. The van der Waals surface area contributed by atoms with Crippen LogP contribution in [0.5, 0.6) is 0 Å².